The zero-order valence-electron chi connectivity index (χ0n) is 25.1. The van der Waals surface area contributed by atoms with E-state index < -0.39 is 37.4 Å². The van der Waals surface area contributed by atoms with E-state index in [1.165, 1.54) is 30.8 Å². The van der Waals surface area contributed by atoms with Gasteiger partial charge in [-0.2, -0.15) is 0 Å². The van der Waals surface area contributed by atoms with E-state index in [4.69, 9.17) is 14.9 Å². The molecule has 3 unspecified atom stereocenters. The molecular weight excluding hydrogens is 542 g/mol. The Bertz CT molecular complexity index is 790. The number of carbonyl (C=O) groups is 4. The van der Waals surface area contributed by atoms with Crippen LogP contribution in [-0.4, -0.2) is 191 Å². The van der Waals surface area contributed by atoms with Gasteiger partial charge in [-0.25, -0.2) is 0 Å². The summed E-state index contributed by atoms with van der Waals surface area (Å²) in [6.07, 6.45) is -1.77. The minimum Gasteiger partial charge on any atom is -0.480 e. The summed E-state index contributed by atoms with van der Waals surface area (Å²) in [6, 6.07) is -0.360. The second-order valence-electron chi connectivity index (χ2n) is 10.1. The molecule has 0 aliphatic rings. The molecule has 0 heterocycles. The number of esters is 1. The topological polar surface area (TPSA) is 195 Å². The van der Waals surface area contributed by atoms with Crippen molar-refractivity contribution in [2.24, 2.45) is 0 Å². The van der Waals surface area contributed by atoms with E-state index in [1.807, 2.05) is 23.6 Å². The summed E-state index contributed by atoms with van der Waals surface area (Å²) >= 11 is 0. The lowest BCUT2D eigenvalue weighted by molar-refractivity contribution is -0.142. The summed E-state index contributed by atoms with van der Waals surface area (Å²) in [6.45, 7) is 5.68. The van der Waals surface area contributed by atoms with Gasteiger partial charge in [0.15, 0.2) is 0 Å². The molecule has 0 saturated carbocycles. The average Bonchev–Trinajstić information content (AvgIpc) is 2.91. The molecule has 15 nitrogen and oxygen atoms in total. The van der Waals surface area contributed by atoms with Crippen LogP contribution in [0.25, 0.3) is 0 Å². The number of carboxylic acids is 1. The number of aliphatic hydroxyl groups is 4. The van der Waals surface area contributed by atoms with Gasteiger partial charge in [-0.05, 0) is 19.5 Å². The van der Waals surface area contributed by atoms with E-state index in [-0.39, 0.29) is 63.7 Å². The summed E-state index contributed by atoms with van der Waals surface area (Å²) in [5.41, 5.74) is 0. The monoisotopic (exact) mass is 593 g/mol. The van der Waals surface area contributed by atoms with Crippen molar-refractivity contribution in [1.29, 1.82) is 0 Å². The number of hydrogen-bond acceptors (Lipinski definition) is 12. The van der Waals surface area contributed by atoms with Crippen molar-refractivity contribution in [3.8, 4) is 0 Å². The highest BCUT2D eigenvalue weighted by Crippen LogP contribution is 2.10. The number of likely N-dealkylation sites (N-methyl/N-ethyl adjacent to an activating group) is 4. The summed E-state index contributed by atoms with van der Waals surface area (Å²) in [4.78, 5) is 56.5. The Morgan fingerprint density at radius 1 is 0.756 bits per heavy atom. The molecule has 5 N–H and O–H groups in total. The molecular formula is C26H51N5O10. The summed E-state index contributed by atoms with van der Waals surface area (Å²) in [5.74, 6) is -2.05. The quantitative estimate of drug-likeness (QED) is 0.0751. The van der Waals surface area contributed by atoms with E-state index in [0.29, 0.717) is 32.6 Å². The number of amides is 2. The number of carbonyl (C=O) groups excluding carboxylic acids is 3. The van der Waals surface area contributed by atoms with Crippen molar-refractivity contribution in [3.05, 3.63) is 0 Å². The van der Waals surface area contributed by atoms with Gasteiger partial charge in [-0.1, -0.05) is 13.8 Å². The van der Waals surface area contributed by atoms with Crippen molar-refractivity contribution in [1.82, 2.24) is 24.5 Å². The largest absolute Gasteiger partial charge is 0.480 e. The molecule has 0 aliphatic heterocycles. The molecule has 3 atom stereocenters. The van der Waals surface area contributed by atoms with Crippen molar-refractivity contribution >= 4 is 23.8 Å². The van der Waals surface area contributed by atoms with E-state index in [1.54, 1.807) is 4.90 Å². The van der Waals surface area contributed by atoms with E-state index >= 15 is 0 Å². The molecule has 41 heavy (non-hydrogen) atoms. The molecule has 0 saturated heterocycles. The van der Waals surface area contributed by atoms with Crippen LogP contribution in [0.15, 0.2) is 0 Å². The lowest BCUT2D eigenvalue weighted by Gasteiger charge is -2.36. The first-order valence-corrected chi connectivity index (χ1v) is 13.9. The fourth-order valence-electron chi connectivity index (χ4n) is 4.14. The van der Waals surface area contributed by atoms with Gasteiger partial charge in [-0.15, -0.1) is 0 Å². The maximum absolute atomic E-state index is 12.8. The Labute approximate surface area is 242 Å². The van der Waals surface area contributed by atoms with Gasteiger partial charge in [-0.3, -0.25) is 33.9 Å². The standard InChI is InChI=1S/C26H51N5O10/c1-6-29(15-24(37)27(4)13-22(35)18-32)9-10-30(17-26(39)40)12-21(8-11-41-20(3)34)31(7-2)16-25(38)28(5)14-23(36)19-33/h21-23,32-33,35-36H,6-19H2,1-5H3,(H,39,40). The Hall–Kier alpha value is -2.40. The summed E-state index contributed by atoms with van der Waals surface area (Å²) in [5, 5.41) is 47.0. The SMILES string of the molecule is CCN(CCN(CC(=O)O)CC(CCOC(C)=O)N(CC)CC(=O)N(C)CC(O)CO)CC(=O)N(C)CC(O)CO. The summed E-state index contributed by atoms with van der Waals surface area (Å²) in [7, 11) is 3.05. The van der Waals surface area contributed by atoms with E-state index in [2.05, 4.69) is 0 Å². The highest BCUT2D eigenvalue weighted by atomic mass is 16.5. The van der Waals surface area contributed by atoms with E-state index in [9.17, 15) is 34.5 Å². The number of ether oxygens (including phenoxy) is 1. The number of nitrogens with zero attached hydrogens (tertiary/aromatic N) is 5. The van der Waals surface area contributed by atoms with Crippen LogP contribution in [0.4, 0.5) is 0 Å². The van der Waals surface area contributed by atoms with Crippen LogP contribution < -0.4 is 0 Å². The van der Waals surface area contributed by atoms with Crippen LogP contribution in [-0.2, 0) is 23.9 Å². The van der Waals surface area contributed by atoms with Crippen molar-refractivity contribution in [2.75, 3.05) is 99.4 Å². The van der Waals surface area contributed by atoms with Gasteiger partial charge in [0.1, 0.15) is 0 Å². The van der Waals surface area contributed by atoms with Crippen LogP contribution in [0.3, 0.4) is 0 Å². The van der Waals surface area contributed by atoms with Crippen LogP contribution in [0.1, 0.15) is 27.2 Å². The first-order valence-electron chi connectivity index (χ1n) is 13.9. The first kappa shape index (κ1) is 38.6. The predicted molar refractivity (Wildman–Crippen MR) is 150 cm³/mol. The highest BCUT2D eigenvalue weighted by molar-refractivity contribution is 5.78. The van der Waals surface area contributed by atoms with Crippen LogP contribution in [0.2, 0.25) is 0 Å². The fraction of sp³-hybridized carbons (Fsp3) is 0.846. The van der Waals surface area contributed by atoms with Crippen molar-refractivity contribution in [2.45, 2.75) is 45.4 Å². The Balaban J connectivity index is 5.58. The number of hydrogen-bond donors (Lipinski definition) is 5. The Kier molecular flexibility index (Phi) is 20.1. The molecule has 15 heteroatoms. The second-order valence-corrected chi connectivity index (χ2v) is 10.1. The third-order valence-electron chi connectivity index (χ3n) is 6.63. The average molecular weight is 594 g/mol. The molecule has 0 aromatic heterocycles. The van der Waals surface area contributed by atoms with Crippen molar-refractivity contribution in [3.63, 3.8) is 0 Å². The Morgan fingerprint density at radius 2 is 1.27 bits per heavy atom. The zero-order chi connectivity index (χ0) is 31.5. The normalized spacial score (nSPS) is 13.8. The predicted octanol–water partition coefficient (Wildman–Crippen LogP) is -3.04. The molecule has 0 spiro atoms. The highest BCUT2D eigenvalue weighted by Gasteiger charge is 2.26. The van der Waals surface area contributed by atoms with Crippen LogP contribution in [0.5, 0.6) is 0 Å². The third-order valence-corrected chi connectivity index (χ3v) is 6.63. The van der Waals surface area contributed by atoms with Gasteiger partial charge < -0.3 is 40.1 Å². The minimum atomic E-state index is -1.07. The van der Waals surface area contributed by atoms with Crippen LogP contribution in [0, 0.1) is 0 Å². The fourth-order valence-corrected chi connectivity index (χ4v) is 4.14. The van der Waals surface area contributed by atoms with Gasteiger partial charge >= 0.3 is 11.9 Å². The molecule has 2 amide bonds. The molecule has 0 radical (unpaired) electrons. The molecule has 240 valence electrons. The zero-order valence-corrected chi connectivity index (χ0v) is 25.1. The van der Waals surface area contributed by atoms with E-state index in [0.717, 1.165) is 0 Å². The van der Waals surface area contributed by atoms with Crippen LogP contribution >= 0.6 is 0 Å². The van der Waals surface area contributed by atoms with Gasteiger partial charge in [0.05, 0.1) is 51.7 Å². The molecule has 0 aromatic rings. The maximum atomic E-state index is 12.8. The molecule has 0 aliphatic carbocycles. The van der Waals surface area contributed by atoms with Gasteiger partial charge in [0.2, 0.25) is 11.8 Å². The first-order chi connectivity index (χ1) is 19.3. The smallest absolute Gasteiger partial charge is 0.317 e. The van der Waals surface area contributed by atoms with Crippen molar-refractivity contribution < 1.29 is 49.4 Å². The number of carboxylic acid groups (broad SMARTS) is 1. The second kappa shape index (κ2) is 21.3. The lowest BCUT2D eigenvalue weighted by Crippen LogP contribution is -2.51. The van der Waals surface area contributed by atoms with Gasteiger partial charge in [0.25, 0.3) is 0 Å². The minimum absolute atomic E-state index is 0.0121. The molecule has 0 aromatic carbocycles. The number of aliphatic hydroxyl groups excluding tert-OH is 4. The maximum Gasteiger partial charge on any atom is 0.317 e. The number of aliphatic carboxylic acids is 1. The molecule has 0 bridgehead atoms. The summed E-state index contributed by atoms with van der Waals surface area (Å²) < 4.78 is 5.13. The lowest BCUT2D eigenvalue weighted by atomic mass is 10.1. The van der Waals surface area contributed by atoms with Gasteiger partial charge in [0, 0.05) is 59.8 Å². The molecule has 0 fully saturated rings. The molecule has 0 rings (SSSR count). The Morgan fingerprint density at radius 3 is 1.71 bits per heavy atom. The number of rotatable bonds is 23. The third kappa shape index (κ3) is 17.2.